The van der Waals surface area contributed by atoms with Crippen molar-refractivity contribution in [2.75, 3.05) is 6.54 Å². The van der Waals surface area contributed by atoms with E-state index in [1.165, 1.54) is 20.4 Å². The van der Waals surface area contributed by atoms with Gasteiger partial charge in [0.05, 0.1) is 18.9 Å². The Balaban J connectivity index is 2.54. The zero-order chi connectivity index (χ0) is 17.9. The molecule has 0 spiro atoms. The van der Waals surface area contributed by atoms with E-state index in [9.17, 15) is 18.0 Å². The van der Waals surface area contributed by atoms with Gasteiger partial charge in [-0.2, -0.15) is 9.57 Å². The average molecular weight is 352 g/mol. The number of furan rings is 1. The van der Waals surface area contributed by atoms with Crippen molar-refractivity contribution < 1.29 is 12.8 Å². The fourth-order valence-corrected chi connectivity index (χ4v) is 3.68. The molecule has 0 amide bonds. The maximum atomic E-state index is 12.8. The van der Waals surface area contributed by atoms with Crippen LogP contribution in [0.4, 0.5) is 0 Å². The molecular weight excluding hydrogens is 336 g/mol. The molecule has 10 heteroatoms. The van der Waals surface area contributed by atoms with E-state index in [-0.39, 0.29) is 19.5 Å². The first-order chi connectivity index (χ1) is 11.3. The fourth-order valence-electron chi connectivity index (χ4n) is 2.13. The summed E-state index contributed by atoms with van der Waals surface area (Å²) in [7, 11) is -1.65. The van der Waals surface area contributed by atoms with E-state index in [2.05, 4.69) is 0 Å². The Morgan fingerprint density at radius 1 is 1.33 bits per heavy atom. The minimum atomic E-state index is -4.21. The van der Waals surface area contributed by atoms with Crippen molar-refractivity contribution in [1.82, 2.24) is 13.4 Å². The van der Waals surface area contributed by atoms with E-state index < -0.39 is 26.2 Å². The van der Waals surface area contributed by atoms with Crippen LogP contribution >= 0.6 is 0 Å². The quantitative estimate of drug-likeness (QED) is 0.709. The minimum Gasteiger partial charge on any atom is -0.468 e. The van der Waals surface area contributed by atoms with Gasteiger partial charge in [0, 0.05) is 33.3 Å². The van der Waals surface area contributed by atoms with Crippen molar-refractivity contribution >= 4 is 10.0 Å². The third-order valence-corrected chi connectivity index (χ3v) is 5.25. The molecule has 2 aromatic rings. The molecule has 0 aliphatic rings. The van der Waals surface area contributed by atoms with Crippen molar-refractivity contribution in [3.05, 3.63) is 51.2 Å². The summed E-state index contributed by atoms with van der Waals surface area (Å²) in [6, 6.07) is 5.07. The third kappa shape index (κ3) is 3.32. The summed E-state index contributed by atoms with van der Waals surface area (Å²) in [6.45, 7) is -0.228. The van der Waals surface area contributed by atoms with E-state index in [0.717, 1.165) is 19.6 Å². The van der Waals surface area contributed by atoms with Gasteiger partial charge in [-0.15, -0.1) is 0 Å². The van der Waals surface area contributed by atoms with Crippen molar-refractivity contribution in [3.63, 3.8) is 0 Å². The van der Waals surface area contributed by atoms with Gasteiger partial charge < -0.3 is 8.98 Å². The Hall–Kier alpha value is -2.64. The molecule has 2 rings (SSSR count). The molecule has 9 nitrogen and oxygen atoms in total. The number of aryl methyl sites for hydroxylation is 1. The largest absolute Gasteiger partial charge is 0.468 e. The molecule has 128 valence electrons. The molecule has 0 unspecified atom stereocenters. The number of aromatic nitrogens is 2. The van der Waals surface area contributed by atoms with Crippen LogP contribution in [0.3, 0.4) is 0 Å². The summed E-state index contributed by atoms with van der Waals surface area (Å²) in [6.07, 6.45) is 2.34. The van der Waals surface area contributed by atoms with Crippen LogP contribution in [0.25, 0.3) is 0 Å². The van der Waals surface area contributed by atoms with Crippen molar-refractivity contribution in [2.24, 2.45) is 14.1 Å². The lowest BCUT2D eigenvalue weighted by Gasteiger charge is -2.20. The number of hydrogen-bond donors (Lipinski definition) is 0. The van der Waals surface area contributed by atoms with Crippen LogP contribution in [-0.4, -0.2) is 28.4 Å². The van der Waals surface area contributed by atoms with Crippen molar-refractivity contribution in [2.45, 2.75) is 17.9 Å². The van der Waals surface area contributed by atoms with Crippen LogP contribution in [-0.2, 0) is 30.7 Å². The fraction of sp³-hybridized carbons (Fsp3) is 0.357. The van der Waals surface area contributed by atoms with Gasteiger partial charge in [0.1, 0.15) is 5.76 Å². The number of rotatable bonds is 6. The zero-order valence-corrected chi connectivity index (χ0v) is 14.0. The Morgan fingerprint density at radius 3 is 2.62 bits per heavy atom. The second-order valence-electron chi connectivity index (χ2n) is 5.08. The first-order valence-electron chi connectivity index (χ1n) is 6.95. The Morgan fingerprint density at radius 2 is 2.04 bits per heavy atom. The zero-order valence-electron chi connectivity index (χ0n) is 13.2. The average Bonchev–Trinajstić information content (AvgIpc) is 3.05. The lowest BCUT2D eigenvalue weighted by molar-refractivity contribution is 0.367. The second-order valence-corrected chi connectivity index (χ2v) is 6.98. The van der Waals surface area contributed by atoms with Crippen LogP contribution in [0.5, 0.6) is 0 Å². The molecule has 0 fully saturated rings. The molecular formula is C14H16N4O5S. The van der Waals surface area contributed by atoms with Crippen LogP contribution in [0.2, 0.25) is 0 Å². The van der Waals surface area contributed by atoms with Crippen molar-refractivity contribution in [3.8, 4) is 6.07 Å². The van der Waals surface area contributed by atoms with Crippen molar-refractivity contribution in [1.29, 1.82) is 5.26 Å². The molecule has 2 heterocycles. The molecule has 0 aromatic carbocycles. The minimum absolute atomic E-state index is 0.0496. The van der Waals surface area contributed by atoms with E-state index in [4.69, 9.17) is 9.68 Å². The lowest BCUT2D eigenvalue weighted by atomic mass is 10.4. The SMILES string of the molecule is Cn1cc(S(=O)(=O)N(CCC#N)Cc2ccco2)c(=O)n(C)c1=O. The van der Waals surface area contributed by atoms with E-state index >= 15 is 0 Å². The van der Waals surface area contributed by atoms with Crippen LogP contribution in [0.1, 0.15) is 12.2 Å². The standard InChI is InChI=1S/C14H16N4O5S/c1-16-10-12(13(19)17(2)14(16)20)24(21,22)18(7-4-6-15)9-11-5-3-8-23-11/h3,5,8,10H,4,7,9H2,1-2H3. The number of nitrogens with zero attached hydrogens (tertiary/aromatic N) is 4. The molecule has 2 aromatic heterocycles. The highest BCUT2D eigenvalue weighted by atomic mass is 32.2. The molecule has 0 radical (unpaired) electrons. The Bertz CT molecular complexity index is 980. The first-order valence-corrected chi connectivity index (χ1v) is 8.39. The Kier molecular flexibility index (Phi) is 5.06. The topological polar surface area (TPSA) is 118 Å². The number of sulfonamides is 1. The smallest absolute Gasteiger partial charge is 0.330 e. The van der Waals surface area contributed by atoms with E-state index in [0.29, 0.717) is 5.76 Å². The molecule has 0 aliphatic carbocycles. The van der Waals surface area contributed by atoms with Gasteiger partial charge in [0.2, 0.25) is 10.0 Å². The van der Waals surface area contributed by atoms with Gasteiger partial charge in [0.25, 0.3) is 5.56 Å². The maximum Gasteiger partial charge on any atom is 0.330 e. The number of nitriles is 1. The third-order valence-electron chi connectivity index (χ3n) is 3.42. The highest BCUT2D eigenvalue weighted by Gasteiger charge is 2.29. The first kappa shape index (κ1) is 17.7. The molecule has 0 bridgehead atoms. The summed E-state index contributed by atoms with van der Waals surface area (Å²) in [5, 5.41) is 8.75. The maximum absolute atomic E-state index is 12.8. The van der Waals surface area contributed by atoms with Gasteiger partial charge >= 0.3 is 5.69 Å². The monoisotopic (exact) mass is 352 g/mol. The molecule has 0 saturated heterocycles. The summed E-state index contributed by atoms with van der Waals surface area (Å²) >= 11 is 0. The molecule has 0 aliphatic heterocycles. The summed E-state index contributed by atoms with van der Waals surface area (Å²) in [5.41, 5.74) is -1.55. The van der Waals surface area contributed by atoms with Crippen LogP contribution < -0.4 is 11.2 Å². The predicted molar refractivity (Wildman–Crippen MR) is 83.5 cm³/mol. The summed E-state index contributed by atoms with van der Waals surface area (Å²) in [5.74, 6) is 0.373. The molecule has 0 atom stereocenters. The second kappa shape index (κ2) is 6.86. The normalized spacial score (nSPS) is 11.6. The van der Waals surface area contributed by atoms with Crippen LogP contribution in [0.15, 0.2) is 43.5 Å². The molecule has 24 heavy (non-hydrogen) atoms. The highest BCUT2D eigenvalue weighted by molar-refractivity contribution is 7.89. The molecule has 0 saturated carbocycles. The van der Waals surface area contributed by atoms with E-state index in [1.54, 1.807) is 12.1 Å². The highest BCUT2D eigenvalue weighted by Crippen LogP contribution is 2.16. The lowest BCUT2D eigenvalue weighted by Crippen LogP contribution is -2.42. The van der Waals surface area contributed by atoms with Gasteiger partial charge in [-0.3, -0.25) is 9.36 Å². The van der Waals surface area contributed by atoms with Gasteiger partial charge in [-0.05, 0) is 12.1 Å². The van der Waals surface area contributed by atoms with Crippen LogP contribution in [0, 0.1) is 11.3 Å². The van der Waals surface area contributed by atoms with Gasteiger partial charge in [0.15, 0.2) is 4.90 Å². The van der Waals surface area contributed by atoms with E-state index in [1.807, 2.05) is 6.07 Å². The molecule has 0 N–H and O–H groups in total. The Labute approximate surface area is 138 Å². The number of hydrogen-bond acceptors (Lipinski definition) is 6. The van der Waals surface area contributed by atoms with Gasteiger partial charge in [-0.25, -0.2) is 13.2 Å². The summed E-state index contributed by atoms with van der Waals surface area (Å²) < 4.78 is 33.6. The predicted octanol–water partition coefficient (Wildman–Crippen LogP) is -0.218. The summed E-state index contributed by atoms with van der Waals surface area (Å²) in [4.78, 5) is 23.4. The van der Waals surface area contributed by atoms with Gasteiger partial charge in [-0.1, -0.05) is 0 Å².